The van der Waals surface area contributed by atoms with Gasteiger partial charge in [0, 0.05) is 50.5 Å². The fourth-order valence-electron chi connectivity index (χ4n) is 3.87. The van der Waals surface area contributed by atoms with Crippen LogP contribution in [0.5, 0.6) is 5.75 Å². The first kappa shape index (κ1) is 26.1. The van der Waals surface area contributed by atoms with E-state index in [0.29, 0.717) is 18.7 Å². The molecule has 3 atom stereocenters. The Hall–Kier alpha value is -2.48. The third kappa shape index (κ3) is 6.34. The molecule has 9 heteroatoms. The lowest BCUT2D eigenvalue weighted by Crippen LogP contribution is -2.49. The van der Waals surface area contributed by atoms with Crippen molar-refractivity contribution in [3.05, 3.63) is 53.9 Å². The summed E-state index contributed by atoms with van der Waals surface area (Å²) < 4.78 is 39.8. The minimum absolute atomic E-state index is 0.0781. The topological polar surface area (TPSA) is 92.2 Å². The molecule has 2 heterocycles. The van der Waals surface area contributed by atoms with Crippen LogP contribution < -0.4 is 4.74 Å². The lowest BCUT2D eigenvalue weighted by Gasteiger charge is -2.37. The number of likely N-dealkylation sites (N-methyl/N-ethyl adjacent to an activating group) is 1. The highest BCUT2D eigenvalue weighted by Crippen LogP contribution is 2.34. The highest BCUT2D eigenvalue weighted by molar-refractivity contribution is 7.89. The summed E-state index contributed by atoms with van der Waals surface area (Å²) in [7, 11) is -0.325. The van der Waals surface area contributed by atoms with Crippen LogP contribution in [0.4, 0.5) is 0 Å². The van der Waals surface area contributed by atoms with Crippen LogP contribution in [-0.2, 0) is 21.3 Å². The Morgan fingerprint density at radius 1 is 1.35 bits per heavy atom. The Morgan fingerprint density at radius 3 is 2.82 bits per heavy atom. The first-order chi connectivity index (χ1) is 16.3. The lowest BCUT2D eigenvalue weighted by molar-refractivity contribution is 0.0730. The van der Waals surface area contributed by atoms with Gasteiger partial charge in [-0.15, -0.1) is 0 Å². The first-order valence-electron chi connectivity index (χ1n) is 11.3. The molecule has 1 aromatic heterocycles. The number of benzene rings is 1. The zero-order valence-electron chi connectivity index (χ0n) is 20.1. The maximum Gasteiger partial charge on any atom is 0.247 e. The third-order valence-electron chi connectivity index (χ3n) is 5.77. The fraction of sp³-hybridized carbons (Fsp3) is 0.480. The molecule has 1 aliphatic rings. The predicted octanol–water partition coefficient (Wildman–Crippen LogP) is 1.98. The van der Waals surface area contributed by atoms with Gasteiger partial charge in [-0.3, -0.25) is 9.88 Å². The van der Waals surface area contributed by atoms with E-state index < -0.39 is 16.1 Å². The first-order valence-corrected chi connectivity index (χ1v) is 12.7. The van der Waals surface area contributed by atoms with E-state index >= 15 is 0 Å². The number of hydrogen-bond acceptors (Lipinski definition) is 7. The fourth-order valence-corrected chi connectivity index (χ4v) is 5.70. The van der Waals surface area contributed by atoms with Crippen LogP contribution in [0.25, 0.3) is 0 Å². The van der Waals surface area contributed by atoms with Gasteiger partial charge in [-0.05, 0) is 44.3 Å². The molecular weight excluding hydrogens is 454 g/mol. The highest BCUT2D eigenvalue weighted by Gasteiger charge is 2.38. The Morgan fingerprint density at radius 2 is 2.15 bits per heavy atom. The number of aliphatic hydroxyl groups excluding tert-OH is 1. The number of methoxy groups -OCH3 is 1. The van der Waals surface area contributed by atoms with E-state index in [1.807, 2.05) is 32.2 Å². The number of rotatable bonds is 7. The Bertz CT molecular complexity index is 1110. The molecule has 1 aliphatic heterocycles. The van der Waals surface area contributed by atoms with E-state index in [1.165, 1.54) is 10.4 Å². The van der Waals surface area contributed by atoms with Gasteiger partial charge in [0.2, 0.25) is 10.0 Å². The molecule has 8 nitrogen and oxygen atoms in total. The smallest absolute Gasteiger partial charge is 0.247 e. The Labute approximate surface area is 202 Å². The van der Waals surface area contributed by atoms with E-state index in [-0.39, 0.29) is 42.4 Å². The van der Waals surface area contributed by atoms with Crippen LogP contribution in [0.1, 0.15) is 25.1 Å². The van der Waals surface area contributed by atoms with Crippen molar-refractivity contribution in [1.82, 2.24) is 14.2 Å². The molecule has 184 valence electrons. The summed E-state index contributed by atoms with van der Waals surface area (Å²) in [5, 5.41) is 9.77. The number of fused-ring (bicyclic) bond motifs is 1. The quantitative estimate of drug-likeness (QED) is 0.597. The molecule has 0 amide bonds. The van der Waals surface area contributed by atoms with Crippen molar-refractivity contribution in [1.29, 1.82) is 0 Å². The standard InChI is InChI=1S/C25H33N3O5S/c1-19-15-28(20(2)18-29)34(30,31)25-11-10-21(8-7-13-32-4)14-23(25)33-24(19)17-27(3)16-22-9-5-6-12-26-22/h5-6,9-12,14,19-20,24,29H,13,15-18H2,1-4H3/t19-,20+,24-/m0/s1. The maximum absolute atomic E-state index is 13.5. The van der Waals surface area contributed by atoms with Gasteiger partial charge in [-0.1, -0.05) is 24.8 Å². The molecule has 1 N–H and O–H groups in total. The van der Waals surface area contributed by atoms with Crippen molar-refractivity contribution >= 4 is 10.0 Å². The van der Waals surface area contributed by atoms with Crippen LogP contribution in [0, 0.1) is 17.8 Å². The second-order valence-electron chi connectivity index (χ2n) is 8.65. The van der Waals surface area contributed by atoms with Crippen LogP contribution in [-0.4, -0.2) is 80.3 Å². The molecule has 0 radical (unpaired) electrons. The monoisotopic (exact) mass is 487 g/mol. The zero-order valence-corrected chi connectivity index (χ0v) is 21.0. The minimum Gasteiger partial charge on any atom is -0.487 e. The van der Waals surface area contributed by atoms with Gasteiger partial charge in [0.25, 0.3) is 0 Å². The molecule has 0 spiro atoms. The number of nitrogens with zero attached hydrogens (tertiary/aromatic N) is 3. The Kier molecular flexibility index (Phi) is 9.05. The average Bonchev–Trinajstić information content (AvgIpc) is 2.81. The van der Waals surface area contributed by atoms with E-state index in [4.69, 9.17) is 9.47 Å². The van der Waals surface area contributed by atoms with Crippen molar-refractivity contribution in [3.8, 4) is 17.6 Å². The van der Waals surface area contributed by atoms with Gasteiger partial charge in [-0.25, -0.2) is 8.42 Å². The van der Waals surface area contributed by atoms with E-state index in [9.17, 15) is 13.5 Å². The van der Waals surface area contributed by atoms with Crippen LogP contribution >= 0.6 is 0 Å². The van der Waals surface area contributed by atoms with Crippen LogP contribution in [0.2, 0.25) is 0 Å². The second kappa shape index (κ2) is 11.8. The highest BCUT2D eigenvalue weighted by atomic mass is 32.2. The normalized spacial score (nSPS) is 20.9. The van der Waals surface area contributed by atoms with E-state index in [2.05, 4.69) is 21.7 Å². The minimum atomic E-state index is -3.88. The Balaban J connectivity index is 1.97. The average molecular weight is 488 g/mol. The van der Waals surface area contributed by atoms with Crippen LogP contribution in [0.15, 0.2) is 47.5 Å². The van der Waals surface area contributed by atoms with Gasteiger partial charge in [-0.2, -0.15) is 4.31 Å². The van der Waals surface area contributed by atoms with Gasteiger partial charge < -0.3 is 14.6 Å². The number of sulfonamides is 1. The molecule has 0 bridgehead atoms. The number of aliphatic hydroxyl groups is 1. The number of aromatic nitrogens is 1. The molecule has 0 saturated heterocycles. The molecule has 1 aromatic carbocycles. The van der Waals surface area contributed by atoms with Crippen molar-refractivity contribution in [3.63, 3.8) is 0 Å². The summed E-state index contributed by atoms with van der Waals surface area (Å²) >= 11 is 0. The second-order valence-corrected chi connectivity index (χ2v) is 10.5. The summed E-state index contributed by atoms with van der Waals surface area (Å²) in [6.07, 6.45) is 1.47. The van der Waals surface area contributed by atoms with Gasteiger partial charge in [0.05, 0.1) is 12.3 Å². The number of ether oxygens (including phenoxy) is 2. The van der Waals surface area contributed by atoms with Crippen molar-refractivity contribution in [2.45, 2.75) is 37.4 Å². The molecule has 0 aliphatic carbocycles. The molecule has 0 saturated carbocycles. The maximum atomic E-state index is 13.5. The van der Waals surface area contributed by atoms with Gasteiger partial charge in [0.15, 0.2) is 0 Å². The molecule has 34 heavy (non-hydrogen) atoms. The summed E-state index contributed by atoms with van der Waals surface area (Å²) in [5.41, 5.74) is 1.58. The van der Waals surface area contributed by atoms with E-state index in [0.717, 1.165) is 5.69 Å². The summed E-state index contributed by atoms with van der Waals surface area (Å²) in [6, 6.07) is 10.1. The largest absolute Gasteiger partial charge is 0.487 e. The van der Waals surface area contributed by atoms with Crippen LogP contribution in [0.3, 0.4) is 0 Å². The van der Waals surface area contributed by atoms with Crippen molar-refractivity contribution in [2.75, 3.05) is 40.5 Å². The van der Waals surface area contributed by atoms with Crippen molar-refractivity contribution < 1.29 is 23.0 Å². The van der Waals surface area contributed by atoms with Crippen molar-refractivity contribution in [2.24, 2.45) is 5.92 Å². The number of pyridine rings is 1. The summed E-state index contributed by atoms with van der Waals surface area (Å²) in [4.78, 5) is 6.58. The molecule has 0 fully saturated rings. The predicted molar refractivity (Wildman–Crippen MR) is 130 cm³/mol. The lowest BCUT2D eigenvalue weighted by atomic mass is 10.0. The summed E-state index contributed by atoms with van der Waals surface area (Å²) in [5.74, 6) is 6.00. The molecular formula is C25H33N3O5S. The SMILES string of the molecule is COCC#Cc1ccc2c(c1)O[C@@H](CN(C)Cc1ccccn1)[C@@H](C)CN([C@H](C)CO)S2(=O)=O. The molecule has 0 unspecified atom stereocenters. The third-order valence-corrected chi connectivity index (χ3v) is 7.79. The molecule has 2 aromatic rings. The van der Waals surface area contributed by atoms with Gasteiger partial charge >= 0.3 is 0 Å². The number of hydrogen-bond donors (Lipinski definition) is 1. The van der Waals surface area contributed by atoms with Gasteiger partial charge in [0.1, 0.15) is 23.4 Å². The van der Waals surface area contributed by atoms with E-state index in [1.54, 1.807) is 32.4 Å². The molecule has 3 rings (SSSR count). The summed E-state index contributed by atoms with van der Waals surface area (Å²) in [6.45, 7) is 5.12. The zero-order chi connectivity index (χ0) is 24.7.